The third kappa shape index (κ3) is 4.66. The minimum atomic E-state index is -0.509. The number of amides is 1. The third-order valence-corrected chi connectivity index (χ3v) is 3.33. The molecule has 0 aromatic heterocycles. The van der Waals surface area contributed by atoms with E-state index in [0.717, 1.165) is 10.0 Å². The molecule has 0 atom stereocenters. The maximum Gasteiger partial charge on any atom is 0.277 e. The summed E-state index contributed by atoms with van der Waals surface area (Å²) >= 11 is 3.35. The SMILES string of the molecule is C/C(=N/NC(=O)COc1ccccc1F)c1ccc(Br)cc1. The van der Waals surface area contributed by atoms with Crippen molar-refractivity contribution in [2.75, 3.05) is 6.61 Å². The fraction of sp³-hybridized carbons (Fsp3) is 0.125. The Morgan fingerprint density at radius 3 is 2.59 bits per heavy atom. The molecular formula is C16H14BrFN2O2. The molecular weight excluding hydrogens is 351 g/mol. The number of hydrazone groups is 1. The normalized spacial score (nSPS) is 11.1. The average molecular weight is 365 g/mol. The first kappa shape index (κ1) is 16.2. The molecule has 114 valence electrons. The van der Waals surface area contributed by atoms with Crippen molar-refractivity contribution in [3.8, 4) is 5.75 Å². The summed E-state index contributed by atoms with van der Waals surface area (Å²) in [5.74, 6) is -0.934. The molecule has 0 saturated heterocycles. The molecule has 0 aliphatic carbocycles. The van der Waals surface area contributed by atoms with Crippen LogP contribution < -0.4 is 10.2 Å². The molecule has 0 spiro atoms. The molecule has 0 bridgehead atoms. The number of halogens is 2. The first-order valence-corrected chi connectivity index (χ1v) is 7.32. The van der Waals surface area contributed by atoms with Crippen LogP contribution in [0.3, 0.4) is 0 Å². The molecule has 0 unspecified atom stereocenters. The van der Waals surface area contributed by atoms with Crippen molar-refractivity contribution in [3.63, 3.8) is 0 Å². The summed E-state index contributed by atoms with van der Waals surface area (Å²) in [6.07, 6.45) is 0. The Kier molecular flexibility index (Phi) is 5.66. The number of carbonyl (C=O) groups is 1. The highest BCUT2D eigenvalue weighted by Crippen LogP contribution is 2.15. The quantitative estimate of drug-likeness (QED) is 0.651. The number of benzene rings is 2. The van der Waals surface area contributed by atoms with Crippen LogP contribution in [0, 0.1) is 5.82 Å². The van der Waals surface area contributed by atoms with Crippen molar-refractivity contribution in [3.05, 3.63) is 64.4 Å². The van der Waals surface area contributed by atoms with Gasteiger partial charge in [-0.05, 0) is 36.8 Å². The van der Waals surface area contributed by atoms with Crippen LogP contribution in [0.15, 0.2) is 58.1 Å². The van der Waals surface area contributed by atoms with Gasteiger partial charge in [0.05, 0.1) is 5.71 Å². The molecule has 0 aliphatic rings. The summed E-state index contributed by atoms with van der Waals surface area (Å²) in [5.41, 5.74) is 3.92. The average Bonchev–Trinajstić information content (AvgIpc) is 2.52. The molecule has 0 saturated carbocycles. The van der Waals surface area contributed by atoms with Crippen molar-refractivity contribution in [1.82, 2.24) is 5.43 Å². The van der Waals surface area contributed by atoms with Crippen molar-refractivity contribution >= 4 is 27.5 Å². The molecule has 0 fully saturated rings. The first-order valence-electron chi connectivity index (χ1n) is 6.52. The van der Waals surface area contributed by atoms with E-state index in [1.807, 2.05) is 24.3 Å². The summed E-state index contributed by atoms with van der Waals surface area (Å²) in [5, 5.41) is 3.99. The van der Waals surface area contributed by atoms with Crippen molar-refractivity contribution in [2.45, 2.75) is 6.92 Å². The van der Waals surface area contributed by atoms with Crippen molar-refractivity contribution in [2.24, 2.45) is 5.10 Å². The van der Waals surface area contributed by atoms with Gasteiger partial charge in [0.25, 0.3) is 5.91 Å². The monoisotopic (exact) mass is 364 g/mol. The van der Waals surface area contributed by atoms with Gasteiger partial charge in [-0.2, -0.15) is 5.10 Å². The Hall–Kier alpha value is -2.21. The van der Waals surface area contributed by atoms with E-state index in [1.54, 1.807) is 19.1 Å². The second-order valence-corrected chi connectivity index (χ2v) is 5.37. The number of nitrogens with zero attached hydrogens (tertiary/aromatic N) is 1. The highest BCUT2D eigenvalue weighted by molar-refractivity contribution is 9.10. The molecule has 0 radical (unpaired) electrons. The molecule has 22 heavy (non-hydrogen) atoms. The van der Waals surface area contributed by atoms with E-state index < -0.39 is 11.7 Å². The zero-order valence-corrected chi connectivity index (χ0v) is 13.4. The van der Waals surface area contributed by atoms with Crippen molar-refractivity contribution < 1.29 is 13.9 Å². The number of carbonyl (C=O) groups excluding carboxylic acids is 1. The lowest BCUT2D eigenvalue weighted by Crippen LogP contribution is -2.25. The Balaban J connectivity index is 1.88. The highest BCUT2D eigenvalue weighted by atomic mass is 79.9. The van der Waals surface area contributed by atoms with Gasteiger partial charge in [0.1, 0.15) is 0 Å². The molecule has 4 nitrogen and oxygen atoms in total. The smallest absolute Gasteiger partial charge is 0.277 e. The van der Waals surface area contributed by atoms with E-state index in [-0.39, 0.29) is 12.4 Å². The topological polar surface area (TPSA) is 50.7 Å². The predicted molar refractivity (Wildman–Crippen MR) is 86.4 cm³/mol. The van der Waals surface area contributed by atoms with Gasteiger partial charge in [0, 0.05) is 4.47 Å². The lowest BCUT2D eigenvalue weighted by molar-refractivity contribution is -0.123. The molecule has 0 heterocycles. The molecule has 0 aliphatic heterocycles. The molecule has 2 rings (SSSR count). The van der Waals surface area contributed by atoms with E-state index in [9.17, 15) is 9.18 Å². The number of hydrogen-bond acceptors (Lipinski definition) is 3. The van der Waals surface area contributed by atoms with Gasteiger partial charge in [-0.15, -0.1) is 0 Å². The Morgan fingerprint density at radius 1 is 1.23 bits per heavy atom. The van der Waals surface area contributed by atoms with Gasteiger partial charge < -0.3 is 4.74 Å². The van der Waals surface area contributed by atoms with Crippen molar-refractivity contribution in [1.29, 1.82) is 0 Å². The number of para-hydroxylation sites is 1. The molecule has 1 N–H and O–H groups in total. The Morgan fingerprint density at radius 2 is 1.91 bits per heavy atom. The summed E-state index contributed by atoms with van der Waals surface area (Å²) in [7, 11) is 0. The predicted octanol–water partition coefficient (Wildman–Crippen LogP) is 3.51. The summed E-state index contributed by atoms with van der Waals surface area (Å²) < 4.78 is 19.4. The minimum absolute atomic E-state index is 0.0336. The zero-order valence-electron chi connectivity index (χ0n) is 11.8. The molecule has 2 aromatic carbocycles. The number of hydrogen-bond donors (Lipinski definition) is 1. The van der Waals surface area contributed by atoms with E-state index >= 15 is 0 Å². The van der Waals surface area contributed by atoms with Gasteiger partial charge in [0.2, 0.25) is 0 Å². The van der Waals surface area contributed by atoms with Gasteiger partial charge in [0.15, 0.2) is 18.2 Å². The second-order valence-electron chi connectivity index (χ2n) is 4.46. The third-order valence-electron chi connectivity index (χ3n) is 2.81. The fourth-order valence-corrected chi connectivity index (χ4v) is 1.90. The van der Waals surface area contributed by atoms with Crippen LogP contribution >= 0.6 is 15.9 Å². The maximum atomic E-state index is 13.3. The number of ether oxygens (including phenoxy) is 1. The van der Waals surface area contributed by atoms with E-state index in [1.165, 1.54) is 12.1 Å². The molecule has 2 aromatic rings. The lowest BCUT2D eigenvalue weighted by Gasteiger charge is -2.06. The second kappa shape index (κ2) is 7.70. The first-order chi connectivity index (χ1) is 10.6. The highest BCUT2D eigenvalue weighted by Gasteiger charge is 2.06. The standard InChI is InChI=1S/C16H14BrFN2O2/c1-11(12-6-8-13(17)9-7-12)19-20-16(21)10-22-15-5-3-2-4-14(15)18/h2-9H,10H2,1H3,(H,20,21)/b19-11-. The maximum absolute atomic E-state index is 13.3. The van der Waals surface area contributed by atoms with Crippen LogP contribution in [0.25, 0.3) is 0 Å². The molecule has 6 heteroatoms. The summed E-state index contributed by atoms with van der Waals surface area (Å²) in [4.78, 5) is 11.6. The van der Waals surface area contributed by atoms with Gasteiger partial charge in [-0.25, -0.2) is 9.82 Å². The Bertz CT molecular complexity index is 687. The summed E-state index contributed by atoms with van der Waals surface area (Å²) in [6, 6.07) is 13.4. The lowest BCUT2D eigenvalue weighted by atomic mass is 10.1. The van der Waals surface area contributed by atoms with Crippen LogP contribution in [0.5, 0.6) is 5.75 Å². The van der Waals surface area contributed by atoms with Crippen LogP contribution in [-0.4, -0.2) is 18.2 Å². The number of rotatable bonds is 5. The van der Waals surface area contributed by atoms with Crippen LogP contribution in [-0.2, 0) is 4.79 Å². The van der Waals surface area contributed by atoms with E-state index in [0.29, 0.717) is 5.71 Å². The van der Waals surface area contributed by atoms with Crippen LogP contribution in [0.2, 0.25) is 0 Å². The van der Waals surface area contributed by atoms with Crippen LogP contribution in [0.1, 0.15) is 12.5 Å². The van der Waals surface area contributed by atoms with Gasteiger partial charge >= 0.3 is 0 Å². The van der Waals surface area contributed by atoms with Crippen LogP contribution in [0.4, 0.5) is 4.39 Å². The number of nitrogens with one attached hydrogen (secondary N) is 1. The minimum Gasteiger partial charge on any atom is -0.481 e. The van der Waals surface area contributed by atoms with Gasteiger partial charge in [-0.3, -0.25) is 4.79 Å². The zero-order chi connectivity index (χ0) is 15.9. The molecule has 1 amide bonds. The fourth-order valence-electron chi connectivity index (χ4n) is 1.64. The van der Waals surface area contributed by atoms with E-state index in [4.69, 9.17) is 4.74 Å². The largest absolute Gasteiger partial charge is 0.481 e. The Labute approximate surface area is 136 Å². The summed E-state index contributed by atoms with van der Waals surface area (Å²) in [6.45, 7) is 1.47. The van der Waals surface area contributed by atoms with E-state index in [2.05, 4.69) is 26.5 Å². The van der Waals surface area contributed by atoms with Gasteiger partial charge in [-0.1, -0.05) is 40.2 Å².